The average molecular weight is 271 g/mol. The maximum atomic E-state index is 10.7. The van der Waals surface area contributed by atoms with E-state index in [1.807, 2.05) is 6.92 Å². The van der Waals surface area contributed by atoms with Crippen LogP contribution in [-0.4, -0.2) is 35.6 Å². The fourth-order valence-electron chi connectivity index (χ4n) is 2.07. The quantitative estimate of drug-likeness (QED) is 0.625. The van der Waals surface area contributed by atoms with E-state index in [1.165, 1.54) is 6.07 Å². The van der Waals surface area contributed by atoms with Gasteiger partial charge in [-0.15, -0.1) is 0 Å². The highest BCUT2D eigenvalue weighted by molar-refractivity contribution is 6.31. The highest BCUT2D eigenvalue weighted by Crippen LogP contribution is 2.24. The Labute approximate surface area is 110 Å². The molecule has 5 nitrogen and oxygen atoms in total. The highest BCUT2D eigenvalue weighted by atomic mass is 35.5. The smallest absolute Gasteiger partial charge is 0.269 e. The first-order valence-corrected chi connectivity index (χ1v) is 6.21. The Morgan fingerprint density at radius 1 is 1.61 bits per heavy atom. The normalized spacial score (nSPS) is 20.9. The third kappa shape index (κ3) is 3.19. The Bertz CT molecular complexity index is 453. The molecule has 1 aromatic rings. The summed E-state index contributed by atoms with van der Waals surface area (Å²) in [5.74, 6) is 0. The molecule has 1 aliphatic rings. The Kier molecular flexibility index (Phi) is 4.16. The van der Waals surface area contributed by atoms with Gasteiger partial charge in [0.25, 0.3) is 5.69 Å². The molecular weight excluding hydrogens is 256 g/mol. The predicted octanol–water partition coefficient (Wildman–Crippen LogP) is 2.47. The van der Waals surface area contributed by atoms with Gasteiger partial charge in [-0.2, -0.15) is 0 Å². The molecule has 0 N–H and O–H groups in total. The second kappa shape index (κ2) is 5.65. The standard InChI is InChI=1S/C12H15ClN2O3/c1-9-7-14(4-5-18-9)8-10-6-11(15(16)17)2-3-12(10)13/h2-3,6,9H,4-5,7-8H2,1H3. The fraction of sp³-hybridized carbons (Fsp3) is 0.500. The fourth-order valence-corrected chi connectivity index (χ4v) is 2.25. The van der Waals surface area contributed by atoms with Crippen LogP contribution >= 0.6 is 11.6 Å². The van der Waals surface area contributed by atoms with E-state index in [1.54, 1.807) is 12.1 Å². The lowest BCUT2D eigenvalue weighted by Gasteiger charge is -2.31. The summed E-state index contributed by atoms with van der Waals surface area (Å²) in [7, 11) is 0. The zero-order valence-electron chi connectivity index (χ0n) is 10.1. The molecular formula is C12H15ClN2O3. The van der Waals surface area contributed by atoms with Gasteiger partial charge in [0, 0.05) is 36.8 Å². The van der Waals surface area contributed by atoms with Gasteiger partial charge in [0.05, 0.1) is 17.6 Å². The van der Waals surface area contributed by atoms with Gasteiger partial charge >= 0.3 is 0 Å². The monoisotopic (exact) mass is 270 g/mol. The van der Waals surface area contributed by atoms with Crippen molar-refractivity contribution < 1.29 is 9.66 Å². The van der Waals surface area contributed by atoms with Crippen LogP contribution in [0.4, 0.5) is 5.69 Å². The second-order valence-electron chi connectivity index (χ2n) is 4.45. The van der Waals surface area contributed by atoms with Crippen molar-refractivity contribution in [1.82, 2.24) is 4.90 Å². The Morgan fingerprint density at radius 2 is 2.39 bits per heavy atom. The minimum atomic E-state index is -0.401. The van der Waals surface area contributed by atoms with Crippen LogP contribution in [0.5, 0.6) is 0 Å². The van der Waals surface area contributed by atoms with E-state index >= 15 is 0 Å². The van der Waals surface area contributed by atoms with Crippen LogP contribution in [0.15, 0.2) is 18.2 Å². The van der Waals surface area contributed by atoms with Gasteiger partial charge in [0.2, 0.25) is 0 Å². The number of hydrogen-bond acceptors (Lipinski definition) is 4. The molecule has 0 aliphatic carbocycles. The molecule has 0 amide bonds. The summed E-state index contributed by atoms with van der Waals surface area (Å²) in [5.41, 5.74) is 0.871. The topological polar surface area (TPSA) is 55.6 Å². The van der Waals surface area contributed by atoms with Gasteiger partial charge in [-0.05, 0) is 18.6 Å². The number of morpholine rings is 1. The SMILES string of the molecule is CC1CN(Cc2cc([N+](=O)[O-])ccc2Cl)CCO1. The Hall–Kier alpha value is -1.17. The van der Waals surface area contributed by atoms with Crippen molar-refractivity contribution in [1.29, 1.82) is 0 Å². The summed E-state index contributed by atoms with van der Waals surface area (Å²) in [6.45, 7) is 4.96. The Balaban J connectivity index is 2.12. The first-order chi connectivity index (χ1) is 8.56. The molecule has 1 fully saturated rings. The maximum absolute atomic E-state index is 10.7. The molecule has 1 atom stereocenters. The van der Waals surface area contributed by atoms with E-state index in [9.17, 15) is 10.1 Å². The lowest BCUT2D eigenvalue weighted by Crippen LogP contribution is -2.40. The zero-order valence-corrected chi connectivity index (χ0v) is 10.9. The molecule has 18 heavy (non-hydrogen) atoms. The van der Waals surface area contributed by atoms with E-state index < -0.39 is 4.92 Å². The maximum Gasteiger partial charge on any atom is 0.269 e. The number of nitrogens with zero attached hydrogens (tertiary/aromatic N) is 2. The van der Waals surface area contributed by atoms with Crippen molar-refractivity contribution in [2.45, 2.75) is 19.6 Å². The summed E-state index contributed by atoms with van der Waals surface area (Å²) in [4.78, 5) is 12.5. The number of rotatable bonds is 3. The van der Waals surface area contributed by atoms with Crippen molar-refractivity contribution in [3.8, 4) is 0 Å². The first-order valence-electron chi connectivity index (χ1n) is 5.83. The predicted molar refractivity (Wildman–Crippen MR) is 68.8 cm³/mol. The summed E-state index contributed by atoms with van der Waals surface area (Å²) in [6.07, 6.45) is 0.191. The minimum Gasteiger partial charge on any atom is -0.376 e. The number of ether oxygens (including phenoxy) is 1. The van der Waals surface area contributed by atoms with Gasteiger partial charge in [0.15, 0.2) is 0 Å². The molecule has 6 heteroatoms. The third-order valence-corrected chi connectivity index (χ3v) is 3.33. The van der Waals surface area contributed by atoms with E-state index in [0.29, 0.717) is 18.2 Å². The number of non-ortho nitro benzene ring substituents is 1. The van der Waals surface area contributed by atoms with Crippen LogP contribution in [0.25, 0.3) is 0 Å². The summed E-state index contributed by atoms with van der Waals surface area (Å²) in [6, 6.07) is 4.55. The van der Waals surface area contributed by atoms with E-state index in [0.717, 1.165) is 18.7 Å². The van der Waals surface area contributed by atoms with Crippen molar-refractivity contribution in [3.63, 3.8) is 0 Å². The number of hydrogen-bond donors (Lipinski definition) is 0. The Morgan fingerprint density at radius 3 is 3.06 bits per heavy atom. The zero-order chi connectivity index (χ0) is 13.1. The molecule has 1 unspecified atom stereocenters. The van der Waals surface area contributed by atoms with Crippen molar-refractivity contribution in [2.75, 3.05) is 19.7 Å². The van der Waals surface area contributed by atoms with Gasteiger partial charge < -0.3 is 4.74 Å². The molecule has 1 aromatic carbocycles. The second-order valence-corrected chi connectivity index (χ2v) is 4.86. The lowest BCUT2D eigenvalue weighted by molar-refractivity contribution is -0.384. The van der Waals surface area contributed by atoms with Gasteiger partial charge in [-0.3, -0.25) is 15.0 Å². The van der Waals surface area contributed by atoms with Gasteiger partial charge in [-0.25, -0.2) is 0 Å². The van der Waals surface area contributed by atoms with Crippen LogP contribution in [0, 0.1) is 10.1 Å². The molecule has 1 aliphatic heterocycles. The summed E-state index contributed by atoms with van der Waals surface area (Å²) < 4.78 is 5.46. The van der Waals surface area contributed by atoms with Crippen molar-refractivity contribution >= 4 is 17.3 Å². The first kappa shape index (κ1) is 13.3. The average Bonchev–Trinajstić information content (AvgIpc) is 2.31. The number of benzene rings is 1. The molecule has 0 bridgehead atoms. The van der Waals surface area contributed by atoms with Crippen LogP contribution in [0.3, 0.4) is 0 Å². The molecule has 0 saturated carbocycles. The largest absolute Gasteiger partial charge is 0.376 e. The van der Waals surface area contributed by atoms with Crippen LogP contribution in [0.2, 0.25) is 5.02 Å². The lowest BCUT2D eigenvalue weighted by atomic mass is 10.1. The van der Waals surface area contributed by atoms with Crippen molar-refractivity contribution in [2.24, 2.45) is 0 Å². The number of halogens is 1. The van der Waals surface area contributed by atoms with Crippen molar-refractivity contribution in [3.05, 3.63) is 38.9 Å². The molecule has 98 valence electrons. The van der Waals surface area contributed by atoms with Gasteiger partial charge in [-0.1, -0.05) is 11.6 Å². The van der Waals surface area contributed by atoms with Crippen LogP contribution in [0.1, 0.15) is 12.5 Å². The van der Waals surface area contributed by atoms with E-state index in [2.05, 4.69) is 4.90 Å². The molecule has 2 rings (SSSR count). The van der Waals surface area contributed by atoms with Crippen LogP contribution < -0.4 is 0 Å². The van der Waals surface area contributed by atoms with Gasteiger partial charge in [0.1, 0.15) is 0 Å². The molecule has 0 spiro atoms. The number of nitro benzene ring substituents is 1. The molecule has 1 saturated heterocycles. The summed E-state index contributed by atoms with van der Waals surface area (Å²) >= 11 is 6.08. The van der Waals surface area contributed by atoms with E-state index in [4.69, 9.17) is 16.3 Å². The molecule has 0 aromatic heterocycles. The highest BCUT2D eigenvalue weighted by Gasteiger charge is 2.18. The van der Waals surface area contributed by atoms with Crippen LogP contribution in [-0.2, 0) is 11.3 Å². The third-order valence-electron chi connectivity index (χ3n) is 2.96. The van der Waals surface area contributed by atoms with E-state index in [-0.39, 0.29) is 11.8 Å². The molecule has 1 heterocycles. The molecule has 0 radical (unpaired) electrons. The number of nitro groups is 1. The minimum absolute atomic E-state index is 0.0794. The summed E-state index contributed by atoms with van der Waals surface area (Å²) in [5, 5.41) is 11.3.